The second-order valence-electron chi connectivity index (χ2n) is 4.67. The molecule has 2 amide bonds. The zero-order valence-corrected chi connectivity index (χ0v) is 14.7. The summed E-state index contributed by atoms with van der Waals surface area (Å²) in [7, 11) is 3.27. The van der Waals surface area contributed by atoms with Crippen LogP contribution in [0.25, 0.3) is 0 Å². The lowest BCUT2D eigenvalue weighted by Gasteiger charge is -2.17. The molecule has 1 aromatic carbocycles. The molecule has 1 aromatic rings. The van der Waals surface area contributed by atoms with E-state index in [2.05, 4.69) is 22.6 Å². The number of carboxylic acid groups (broad SMARTS) is 1. The van der Waals surface area contributed by atoms with E-state index >= 15 is 0 Å². The molecule has 0 atom stereocenters. The summed E-state index contributed by atoms with van der Waals surface area (Å²) in [6.07, 6.45) is 1.84. The Labute approximate surface area is 143 Å². The number of amides is 2. The van der Waals surface area contributed by atoms with E-state index in [-0.39, 0.29) is 25.6 Å². The van der Waals surface area contributed by atoms with Gasteiger partial charge in [-0.05, 0) is 46.9 Å². The van der Waals surface area contributed by atoms with Crippen molar-refractivity contribution in [3.63, 3.8) is 0 Å². The van der Waals surface area contributed by atoms with Gasteiger partial charge in [-0.25, -0.2) is 4.79 Å². The number of ether oxygens (including phenoxy) is 1. The van der Waals surface area contributed by atoms with Gasteiger partial charge in [-0.2, -0.15) is 0 Å². The predicted molar refractivity (Wildman–Crippen MR) is 92.1 cm³/mol. The van der Waals surface area contributed by atoms with Crippen LogP contribution >= 0.6 is 22.6 Å². The second kappa shape index (κ2) is 9.29. The minimum absolute atomic E-state index is 0.144. The number of halogens is 1. The third-order valence-corrected chi connectivity index (χ3v) is 3.46. The van der Waals surface area contributed by atoms with Gasteiger partial charge < -0.3 is 19.6 Å². The maximum Gasteiger partial charge on any atom is 0.407 e. The van der Waals surface area contributed by atoms with Gasteiger partial charge in [-0.1, -0.05) is 6.08 Å². The zero-order valence-electron chi connectivity index (χ0n) is 12.5. The van der Waals surface area contributed by atoms with Gasteiger partial charge in [0.25, 0.3) is 0 Å². The Morgan fingerprint density at radius 3 is 2.45 bits per heavy atom. The number of benzene rings is 1. The number of nitrogens with zero attached hydrogens (tertiary/aromatic N) is 2. The van der Waals surface area contributed by atoms with Gasteiger partial charge in [-0.3, -0.25) is 4.79 Å². The highest BCUT2D eigenvalue weighted by molar-refractivity contribution is 14.1. The lowest BCUT2D eigenvalue weighted by molar-refractivity contribution is -0.123. The monoisotopic (exact) mass is 418 g/mol. The fourth-order valence-corrected chi connectivity index (χ4v) is 1.86. The van der Waals surface area contributed by atoms with Crippen LogP contribution in [0.2, 0.25) is 0 Å². The van der Waals surface area contributed by atoms with Gasteiger partial charge in [0, 0.05) is 30.3 Å². The molecule has 6 nitrogen and oxygen atoms in total. The van der Waals surface area contributed by atoms with Crippen LogP contribution < -0.4 is 4.74 Å². The summed E-state index contributed by atoms with van der Waals surface area (Å²) < 4.78 is 6.60. The molecule has 0 unspecified atom stereocenters. The number of likely N-dealkylation sites (N-methyl/N-ethyl adjacent to an activating group) is 1. The summed E-state index contributed by atoms with van der Waals surface area (Å²) in [6, 6.07) is 7.51. The topological polar surface area (TPSA) is 70.1 Å². The van der Waals surface area contributed by atoms with Crippen molar-refractivity contribution in [2.75, 3.05) is 33.8 Å². The van der Waals surface area contributed by atoms with Crippen LogP contribution in [0, 0.1) is 3.57 Å². The fraction of sp³-hybridized carbons (Fsp3) is 0.333. The van der Waals surface area contributed by atoms with E-state index in [0.29, 0.717) is 5.75 Å². The van der Waals surface area contributed by atoms with E-state index in [1.165, 1.54) is 22.0 Å². The Hall–Kier alpha value is -1.77. The molecule has 0 heterocycles. The SMILES string of the molecule is CN(C)C(=O)/C=C/CN(CCOc1ccc(I)cc1)C(=O)O. The summed E-state index contributed by atoms with van der Waals surface area (Å²) >= 11 is 2.20. The van der Waals surface area contributed by atoms with Gasteiger partial charge in [0.1, 0.15) is 12.4 Å². The number of hydrogen-bond acceptors (Lipinski definition) is 3. The van der Waals surface area contributed by atoms with Crippen LogP contribution in [0.4, 0.5) is 4.79 Å². The van der Waals surface area contributed by atoms with Crippen LogP contribution in [0.15, 0.2) is 36.4 Å². The largest absolute Gasteiger partial charge is 0.492 e. The Balaban J connectivity index is 2.42. The summed E-state index contributed by atoms with van der Waals surface area (Å²) in [4.78, 5) is 25.1. The average Bonchev–Trinajstić information content (AvgIpc) is 2.47. The van der Waals surface area contributed by atoms with Crippen molar-refractivity contribution in [3.8, 4) is 5.75 Å². The van der Waals surface area contributed by atoms with Gasteiger partial charge in [-0.15, -0.1) is 0 Å². The molecular formula is C15H19IN2O4. The summed E-state index contributed by atoms with van der Waals surface area (Å²) in [6.45, 7) is 0.620. The molecule has 1 rings (SSSR count). The first-order chi connectivity index (χ1) is 10.4. The van der Waals surface area contributed by atoms with Crippen LogP contribution in [0.3, 0.4) is 0 Å². The van der Waals surface area contributed by atoms with Crippen molar-refractivity contribution in [2.45, 2.75) is 0 Å². The molecule has 1 N–H and O–H groups in total. The molecule has 0 fully saturated rings. The number of rotatable bonds is 7. The normalized spacial score (nSPS) is 10.5. The fourth-order valence-electron chi connectivity index (χ4n) is 1.50. The minimum Gasteiger partial charge on any atom is -0.492 e. The third-order valence-electron chi connectivity index (χ3n) is 2.74. The molecule has 0 saturated carbocycles. The second-order valence-corrected chi connectivity index (χ2v) is 5.91. The third kappa shape index (κ3) is 6.79. The van der Waals surface area contributed by atoms with E-state index in [0.717, 1.165) is 3.57 Å². The molecule has 0 radical (unpaired) electrons. The van der Waals surface area contributed by atoms with Crippen LogP contribution in [0.1, 0.15) is 0 Å². The number of hydrogen-bond donors (Lipinski definition) is 1. The van der Waals surface area contributed by atoms with Crippen molar-refractivity contribution in [1.29, 1.82) is 0 Å². The van der Waals surface area contributed by atoms with Crippen molar-refractivity contribution in [1.82, 2.24) is 9.80 Å². The van der Waals surface area contributed by atoms with E-state index in [9.17, 15) is 9.59 Å². The van der Waals surface area contributed by atoms with Crippen molar-refractivity contribution in [2.24, 2.45) is 0 Å². The highest BCUT2D eigenvalue weighted by atomic mass is 127. The first-order valence-corrected chi connectivity index (χ1v) is 7.72. The van der Waals surface area contributed by atoms with Crippen LogP contribution in [-0.2, 0) is 4.79 Å². The molecule has 0 saturated heterocycles. The summed E-state index contributed by atoms with van der Waals surface area (Å²) in [5.41, 5.74) is 0. The standard InChI is InChI=1S/C15H19IN2O4/c1-17(2)14(19)4-3-9-18(15(20)21)10-11-22-13-7-5-12(16)6-8-13/h3-8H,9-11H2,1-2H3,(H,20,21)/b4-3+. The Morgan fingerprint density at radius 2 is 1.91 bits per heavy atom. The van der Waals surface area contributed by atoms with Crippen molar-refractivity contribution in [3.05, 3.63) is 40.0 Å². The van der Waals surface area contributed by atoms with E-state index in [4.69, 9.17) is 9.84 Å². The molecule has 7 heteroatoms. The molecule has 0 spiro atoms. The van der Waals surface area contributed by atoms with E-state index < -0.39 is 6.09 Å². The highest BCUT2D eigenvalue weighted by Gasteiger charge is 2.10. The Kier molecular flexibility index (Phi) is 7.72. The first kappa shape index (κ1) is 18.3. The maximum atomic E-state index is 11.4. The lowest BCUT2D eigenvalue weighted by atomic mass is 10.3. The quantitative estimate of drug-likeness (QED) is 0.545. The lowest BCUT2D eigenvalue weighted by Crippen LogP contribution is -2.33. The molecule has 0 aliphatic heterocycles. The molecular weight excluding hydrogens is 399 g/mol. The van der Waals surface area contributed by atoms with Crippen molar-refractivity contribution < 1.29 is 19.4 Å². The molecule has 0 bridgehead atoms. The smallest absolute Gasteiger partial charge is 0.407 e. The van der Waals surface area contributed by atoms with E-state index in [1.807, 2.05) is 24.3 Å². The highest BCUT2D eigenvalue weighted by Crippen LogP contribution is 2.13. The Morgan fingerprint density at radius 1 is 1.27 bits per heavy atom. The van der Waals surface area contributed by atoms with E-state index in [1.54, 1.807) is 14.1 Å². The number of carbonyl (C=O) groups excluding carboxylic acids is 1. The maximum absolute atomic E-state index is 11.4. The molecule has 22 heavy (non-hydrogen) atoms. The van der Waals surface area contributed by atoms with Gasteiger partial charge in [0.15, 0.2) is 0 Å². The summed E-state index contributed by atoms with van der Waals surface area (Å²) in [5.74, 6) is 0.518. The predicted octanol–water partition coefficient (Wildman–Crippen LogP) is 2.29. The van der Waals surface area contributed by atoms with Crippen LogP contribution in [0.5, 0.6) is 5.75 Å². The average molecular weight is 418 g/mol. The Bertz CT molecular complexity index is 529. The molecule has 120 valence electrons. The molecule has 0 aliphatic carbocycles. The zero-order chi connectivity index (χ0) is 16.5. The molecule has 0 aliphatic rings. The first-order valence-electron chi connectivity index (χ1n) is 6.64. The van der Waals surface area contributed by atoms with Crippen molar-refractivity contribution >= 4 is 34.6 Å². The van der Waals surface area contributed by atoms with Crippen LogP contribution in [-0.4, -0.2) is 60.7 Å². The van der Waals surface area contributed by atoms with Gasteiger partial charge >= 0.3 is 6.09 Å². The number of carbonyl (C=O) groups is 2. The minimum atomic E-state index is -1.05. The van der Waals surface area contributed by atoms with Gasteiger partial charge in [0.2, 0.25) is 5.91 Å². The summed E-state index contributed by atoms with van der Waals surface area (Å²) in [5, 5.41) is 9.12. The van der Waals surface area contributed by atoms with Gasteiger partial charge in [0.05, 0.1) is 6.54 Å². The molecule has 0 aromatic heterocycles.